The van der Waals surface area contributed by atoms with Crippen molar-refractivity contribution in [1.29, 1.82) is 0 Å². The van der Waals surface area contributed by atoms with E-state index in [1.54, 1.807) is 7.05 Å². The van der Waals surface area contributed by atoms with Gasteiger partial charge in [0.2, 0.25) is 0 Å². The molecule has 3 rings (SSSR count). The van der Waals surface area contributed by atoms with Crippen molar-refractivity contribution in [2.45, 2.75) is 31.6 Å². The molecular formula is C15H16F2N2. The van der Waals surface area contributed by atoms with E-state index in [0.29, 0.717) is 11.6 Å². The van der Waals surface area contributed by atoms with Gasteiger partial charge in [-0.05, 0) is 31.0 Å². The number of rotatable bonds is 2. The monoisotopic (exact) mass is 262 g/mol. The van der Waals surface area contributed by atoms with Gasteiger partial charge < -0.3 is 5.32 Å². The Balaban J connectivity index is 2.24. The number of nitrogens with one attached hydrogen (secondary N) is 1. The molecule has 0 amide bonds. The highest BCUT2D eigenvalue weighted by Gasteiger charge is 2.21. The van der Waals surface area contributed by atoms with E-state index in [-0.39, 0.29) is 10.9 Å². The second kappa shape index (κ2) is 4.76. The fourth-order valence-electron chi connectivity index (χ4n) is 2.92. The van der Waals surface area contributed by atoms with Gasteiger partial charge in [-0.15, -0.1) is 0 Å². The molecule has 0 spiro atoms. The van der Waals surface area contributed by atoms with Crippen molar-refractivity contribution in [3.05, 3.63) is 35.5 Å². The molecule has 2 aromatic rings. The molecule has 0 radical (unpaired) electrons. The molecule has 19 heavy (non-hydrogen) atoms. The lowest BCUT2D eigenvalue weighted by atomic mass is 10.0. The fourth-order valence-corrected chi connectivity index (χ4v) is 2.92. The van der Waals surface area contributed by atoms with Gasteiger partial charge in [-0.25, -0.2) is 13.8 Å². The summed E-state index contributed by atoms with van der Waals surface area (Å²) in [4.78, 5) is 4.37. The largest absolute Gasteiger partial charge is 0.387 e. The molecule has 0 atom stereocenters. The van der Waals surface area contributed by atoms with Crippen LogP contribution in [0.2, 0.25) is 0 Å². The quantitative estimate of drug-likeness (QED) is 0.876. The second-order valence-electron chi connectivity index (χ2n) is 5.08. The summed E-state index contributed by atoms with van der Waals surface area (Å²) in [5.41, 5.74) is 1.62. The normalized spacial score (nSPS) is 16.2. The molecule has 1 aromatic heterocycles. The second-order valence-corrected chi connectivity index (χ2v) is 5.08. The minimum Gasteiger partial charge on any atom is -0.387 e. The van der Waals surface area contributed by atoms with E-state index < -0.39 is 11.6 Å². The number of benzene rings is 1. The first kappa shape index (κ1) is 12.3. The van der Waals surface area contributed by atoms with Gasteiger partial charge >= 0.3 is 0 Å². The van der Waals surface area contributed by atoms with Crippen molar-refractivity contribution >= 4 is 16.6 Å². The number of fused-ring (bicyclic) bond motifs is 1. The number of hydrogen-bond acceptors (Lipinski definition) is 2. The number of halogens is 2. The van der Waals surface area contributed by atoms with Gasteiger partial charge in [-0.2, -0.15) is 0 Å². The van der Waals surface area contributed by atoms with Crippen molar-refractivity contribution in [3.8, 4) is 0 Å². The van der Waals surface area contributed by atoms with Crippen LogP contribution in [0.25, 0.3) is 10.9 Å². The van der Waals surface area contributed by atoms with Crippen molar-refractivity contribution in [3.63, 3.8) is 0 Å². The number of nitrogens with zero attached hydrogens (tertiary/aromatic N) is 1. The molecule has 1 aromatic carbocycles. The van der Waals surface area contributed by atoms with Gasteiger partial charge in [0.1, 0.15) is 17.2 Å². The number of anilines is 1. The summed E-state index contributed by atoms with van der Waals surface area (Å²) >= 11 is 0. The Morgan fingerprint density at radius 1 is 1.16 bits per heavy atom. The Bertz CT molecular complexity index is 619. The van der Waals surface area contributed by atoms with Gasteiger partial charge in [-0.1, -0.05) is 12.8 Å². The Hall–Kier alpha value is -1.71. The number of hydrogen-bond donors (Lipinski definition) is 1. The summed E-state index contributed by atoms with van der Waals surface area (Å²) in [5.74, 6) is -0.530. The minimum absolute atomic E-state index is 0.133. The number of aromatic nitrogens is 1. The van der Waals surface area contributed by atoms with Crippen LogP contribution < -0.4 is 5.32 Å². The highest BCUT2D eigenvalue weighted by Crippen LogP contribution is 2.36. The van der Waals surface area contributed by atoms with Crippen LogP contribution in [0.4, 0.5) is 14.5 Å². The van der Waals surface area contributed by atoms with Crippen LogP contribution in [0.1, 0.15) is 37.3 Å². The van der Waals surface area contributed by atoms with Crippen molar-refractivity contribution < 1.29 is 8.78 Å². The molecule has 1 N–H and O–H groups in total. The third-order valence-electron chi connectivity index (χ3n) is 3.92. The lowest BCUT2D eigenvalue weighted by Crippen LogP contribution is -2.02. The van der Waals surface area contributed by atoms with Gasteiger partial charge in [0.25, 0.3) is 0 Å². The maximum atomic E-state index is 13.9. The van der Waals surface area contributed by atoms with Crippen LogP contribution in [0.3, 0.4) is 0 Å². The van der Waals surface area contributed by atoms with E-state index in [1.807, 2.05) is 6.07 Å². The SMILES string of the molecule is CNc1cc(C2CCCC2)nc2c(F)ccc(F)c12. The van der Waals surface area contributed by atoms with Gasteiger partial charge in [-0.3, -0.25) is 0 Å². The Morgan fingerprint density at radius 3 is 2.53 bits per heavy atom. The molecule has 1 heterocycles. The molecule has 0 unspecified atom stereocenters. The van der Waals surface area contributed by atoms with Crippen molar-refractivity contribution in [2.24, 2.45) is 0 Å². The topological polar surface area (TPSA) is 24.9 Å². The predicted octanol–water partition coefficient (Wildman–Crippen LogP) is 4.21. The molecule has 4 heteroatoms. The third-order valence-corrected chi connectivity index (χ3v) is 3.92. The smallest absolute Gasteiger partial charge is 0.149 e. The van der Waals surface area contributed by atoms with Gasteiger partial charge in [0.05, 0.1) is 5.39 Å². The maximum absolute atomic E-state index is 13.9. The molecule has 2 nitrogen and oxygen atoms in total. The molecular weight excluding hydrogens is 246 g/mol. The summed E-state index contributed by atoms with van der Waals surface area (Å²) in [6.45, 7) is 0. The van der Waals surface area contributed by atoms with Crippen LogP contribution in [-0.4, -0.2) is 12.0 Å². The molecule has 0 aliphatic heterocycles. The van der Waals surface area contributed by atoms with E-state index in [9.17, 15) is 8.78 Å². The molecule has 1 fully saturated rings. The van der Waals surface area contributed by atoms with E-state index in [1.165, 1.54) is 12.8 Å². The average Bonchev–Trinajstić information content (AvgIpc) is 2.96. The summed E-state index contributed by atoms with van der Waals surface area (Å²) in [6, 6.07) is 4.15. The third kappa shape index (κ3) is 2.05. The van der Waals surface area contributed by atoms with E-state index >= 15 is 0 Å². The molecule has 100 valence electrons. The van der Waals surface area contributed by atoms with Gasteiger partial charge in [0.15, 0.2) is 0 Å². The standard InChI is InChI=1S/C15H16F2N2/c1-18-13-8-12(9-4-2-3-5-9)19-15-11(17)7-6-10(16)14(13)15/h6-9H,2-5H2,1H3,(H,18,19). The van der Waals surface area contributed by atoms with Crippen LogP contribution in [0, 0.1) is 11.6 Å². The van der Waals surface area contributed by atoms with Crippen molar-refractivity contribution in [2.75, 3.05) is 12.4 Å². The van der Waals surface area contributed by atoms with Gasteiger partial charge in [0, 0.05) is 24.3 Å². The molecule has 1 saturated carbocycles. The summed E-state index contributed by atoms with van der Waals surface area (Å²) in [7, 11) is 1.72. The Morgan fingerprint density at radius 2 is 1.84 bits per heavy atom. The van der Waals surface area contributed by atoms with E-state index in [2.05, 4.69) is 10.3 Å². The molecule has 1 aliphatic rings. The van der Waals surface area contributed by atoms with E-state index in [0.717, 1.165) is 30.7 Å². The van der Waals surface area contributed by atoms with Crippen LogP contribution >= 0.6 is 0 Å². The first-order chi connectivity index (χ1) is 9.20. The predicted molar refractivity (Wildman–Crippen MR) is 72.4 cm³/mol. The summed E-state index contributed by atoms with van der Waals surface area (Å²) in [5, 5.41) is 3.20. The zero-order valence-electron chi connectivity index (χ0n) is 10.8. The fraction of sp³-hybridized carbons (Fsp3) is 0.400. The first-order valence-corrected chi connectivity index (χ1v) is 6.67. The average molecular weight is 262 g/mol. The highest BCUT2D eigenvalue weighted by molar-refractivity contribution is 5.92. The Kier molecular flexibility index (Phi) is 3.09. The van der Waals surface area contributed by atoms with Crippen LogP contribution in [0.5, 0.6) is 0 Å². The number of pyridine rings is 1. The molecule has 0 saturated heterocycles. The van der Waals surface area contributed by atoms with Crippen molar-refractivity contribution in [1.82, 2.24) is 4.98 Å². The summed E-state index contributed by atoms with van der Waals surface area (Å²) in [6.07, 6.45) is 4.53. The molecule has 1 aliphatic carbocycles. The molecule has 0 bridgehead atoms. The first-order valence-electron chi connectivity index (χ1n) is 6.67. The van der Waals surface area contributed by atoms with E-state index in [4.69, 9.17) is 0 Å². The minimum atomic E-state index is -0.465. The lowest BCUT2D eigenvalue weighted by molar-refractivity contribution is 0.613. The van der Waals surface area contributed by atoms with Crippen LogP contribution in [-0.2, 0) is 0 Å². The zero-order valence-corrected chi connectivity index (χ0v) is 10.8. The zero-order chi connectivity index (χ0) is 13.4. The highest BCUT2D eigenvalue weighted by atomic mass is 19.1. The van der Waals surface area contributed by atoms with Crippen LogP contribution in [0.15, 0.2) is 18.2 Å². The Labute approximate surface area is 110 Å². The maximum Gasteiger partial charge on any atom is 0.149 e. The summed E-state index contributed by atoms with van der Waals surface area (Å²) < 4.78 is 27.8. The lowest BCUT2D eigenvalue weighted by Gasteiger charge is -2.14.